The van der Waals surface area contributed by atoms with E-state index in [1.807, 2.05) is 0 Å². The summed E-state index contributed by atoms with van der Waals surface area (Å²) in [4.78, 5) is 33.7. The van der Waals surface area contributed by atoms with E-state index in [0.717, 1.165) is 12.8 Å². The highest BCUT2D eigenvalue weighted by Crippen LogP contribution is 2.18. The van der Waals surface area contributed by atoms with Crippen molar-refractivity contribution in [1.29, 1.82) is 0 Å². The molecule has 0 aromatic carbocycles. The van der Waals surface area contributed by atoms with Crippen LogP contribution in [0.4, 0.5) is 0 Å². The van der Waals surface area contributed by atoms with E-state index in [-0.39, 0.29) is 31.6 Å². The highest BCUT2D eigenvalue weighted by atomic mass is 16.4. The second kappa shape index (κ2) is 5.45. The van der Waals surface area contributed by atoms with Gasteiger partial charge in [0.2, 0.25) is 11.8 Å². The predicted molar refractivity (Wildman–Crippen MR) is 54.4 cm³/mol. The van der Waals surface area contributed by atoms with E-state index >= 15 is 0 Å². The summed E-state index contributed by atoms with van der Waals surface area (Å²) >= 11 is 0. The second-order valence-electron chi connectivity index (χ2n) is 3.85. The molecule has 0 unspecified atom stereocenters. The van der Waals surface area contributed by atoms with Gasteiger partial charge in [0.15, 0.2) is 0 Å². The summed E-state index contributed by atoms with van der Waals surface area (Å²) in [6, 6.07) is 0.216. The molecule has 4 N–H and O–H groups in total. The Morgan fingerprint density at radius 1 is 1.25 bits per heavy atom. The number of hydrogen-bond acceptors (Lipinski definition) is 4. The molecule has 7 nitrogen and oxygen atoms in total. The van der Waals surface area contributed by atoms with Gasteiger partial charge in [-0.25, -0.2) is 0 Å². The molecule has 0 saturated heterocycles. The van der Waals surface area contributed by atoms with Crippen molar-refractivity contribution in [3.8, 4) is 0 Å². The molecule has 16 heavy (non-hydrogen) atoms. The average Bonchev–Trinajstić information content (AvgIpc) is 2.84. The van der Waals surface area contributed by atoms with Crippen LogP contribution >= 0.6 is 0 Å². The molecular formula is C9H15N3O4. The molecule has 1 fully saturated rings. The van der Waals surface area contributed by atoms with Crippen molar-refractivity contribution >= 4 is 17.8 Å². The maximum Gasteiger partial charge on any atom is 0.317 e. The number of carboxylic acids is 1. The van der Waals surface area contributed by atoms with Gasteiger partial charge >= 0.3 is 5.97 Å². The Balaban J connectivity index is 2.37. The van der Waals surface area contributed by atoms with Crippen molar-refractivity contribution in [1.82, 2.24) is 10.2 Å². The molecule has 90 valence electrons. The van der Waals surface area contributed by atoms with Gasteiger partial charge in [-0.2, -0.15) is 0 Å². The molecule has 1 aliphatic carbocycles. The fourth-order valence-corrected chi connectivity index (χ4v) is 1.28. The lowest BCUT2D eigenvalue weighted by Crippen LogP contribution is -2.44. The lowest BCUT2D eigenvalue weighted by atomic mass is 10.4. The Kier molecular flexibility index (Phi) is 4.24. The van der Waals surface area contributed by atoms with Crippen molar-refractivity contribution in [3.05, 3.63) is 0 Å². The maximum absolute atomic E-state index is 11.4. The smallest absolute Gasteiger partial charge is 0.317 e. The summed E-state index contributed by atoms with van der Waals surface area (Å²) in [6.45, 7) is -0.725. The van der Waals surface area contributed by atoms with E-state index in [1.165, 1.54) is 4.90 Å². The molecule has 1 aliphatic rings. The molecule has 1 rings (SSSR count). The van der Waals surface area contributed by atoms with Crippen LogP contribution in [0.15, 0.2) is 0 Å². The van der Waals surface area contributed by atoms with E-state index in [0.29, 0.717) is 0 Å². The summed E-state index contributed by atoms with van der Waals surface area (Å²) in [5, 5.41) is 11.3. The molecular weight excluding hydrogens is 214 g/mol. The Hall–Kier alpha value is -1.63. The minimum absolute atomic E-state index is 0.119. The van der Waals surface area contributed by atoms with Gasteiger partial charge in [0.25, 0.3) is 0 Å². The van der Waals surface area contributed by atoms with Gasteiger partial charge < -0.3 is 16.2 Å². The molecule has 0 bridgehead atoms. The highest BCUT2D eigenvalue weighted by molar-refractivity contribution is 5.82. The molecule has 0 atom stereocenters. The van der Waals surface area contributed by atoms with Crippen LogP contribution in [0.2, 0.25) is 0 Å². The summed E-state index contributed by atoms with van der Waals surface area (Å²) < 4.78 is 0. The molecule has 2 amide bonds. The Morgan fingerprint density at radius 2 is 1.88 bits per heavy atom. The van der Waals surface area contributed by atoms with Crippen LogP contribution in [0.25, 0.3) is 0 Å². The summed E-state index contributed by atoms with van der Waals surface area (Å²) in [6.07, 6.45) is 1.92. The number of aliphatic carboxylic acids is 1. The minimum Gasteiger partial charge on any atom is -0.480 e. The third-order valence-electron chi connectivity index (χ3n) is 2.05. The van der Waals surface area contributed by atoms with Crippen molar-refractivity contribution in [2.24, 2.45) is 5.73 Å². The van der Waals surface area contributed by atoms with Crippen LogP contribution in [0.5, 0.6) is 0 Å². The Morgan fingerprint density at radius 3 is 2.31 bits per heavy atom. The first-order valence-corrected chi connectivity index (χ1v) is 4.99. The number of carboxylic acid groups (broad SMARTS) is 1. The van der Waals surface area contributed by atoms with Gasteiger partial charge in [0, 0.05) is 6.04 Å². The summed E-state index contributed by atoms with van der Waals surface area (Å²) in [7, 11) is 0. The van der Waals surface area contributed by atoms with Crippen molar-refractivity contribution < 1.29 is 19.5 Å². The molecule has 0 aromatic heterocycles. The van der Waals surface area contributed by atoms with Crippen molar-refractivity contribution in [3.63, 3.8) is 0 Å². The quantitative estimate of drug-likeness (QED) is 0.473. The van der Waals surface area contributed by atoms with Gasteiger partial charge in [-0.3, -0.25) is 19.3 Å². The number of hydrogen-bond donors (Lipinski definition) is 3. The molecule has 7 heteroatoms. The maximum atomic E-state index is 11.4. The molecule has 0 aliphatic heterocycles. The molecule has 0 aromatic rings. The topological polar surface area (TPSA) is 113 Å². The number of rotatable bonds is 7. The van der Waals surface area contributed by atoms with Crippen LogP contribution in [0, 0.1) is 0 Å². The number of nitrogens with zero attached hydrogens (tertiary/aromatic N) is 1. The summed E-state index contributed by atoms with van der Waals surface area (Å²) in [5.74, 6) is -2.02. The monoisotopic (exact) mass is 229 g/mol. The normalized spacial score (nSPS) is 14.8. The lowest BCUT2D eigenvalue weighted by Gasteiger charge is -2.17. The number of nitrogens with one attached hydrogen (secondary N) is 1. The fraction of sp³-hybridized carbons (Fsp3) is 0.667. The molecule has 1 saturated carbocycles. The van der Waals surface area contributed by atoms with Gasteiger partial charge in [-0.15, -0.1) is 0 Å². The Labute approximate surface area is 92.6 Å². The van der Waals surface area contributed by atoms with Crippen LogP contribution in [-0.4, -0.2) is 53.5 Å². The number of carbonyl (C=O) groups is 3. The number of nitrogens with two attached hydrogens (primary N) is 1. The van der Waals surface area contributed by atoms with Crippen molar-refractivity contribution in [2.75, 3.05) is 19.6 Å². The van der Waals surface area contributed by atoms with E-state index < -0.39 is 11.9 Å². The van der Waals surface area contributed by atoms with Crippen LogP contribution < -0.4 is 11.1 Å². The first-order valence-electron chi connectivity index (χ1n) is 4.99. The minimum atomic E-state index is -1.10. The van der Waals surface area contributed by atoms with Crippen LogP contribution in [-0.2, 0) is 14.4 Å². The third kappa shape index (κ3) is 5.30. The van der Waals surface area contributed by atoms with E-state index in [2.05, 4.69) is 5.32 Å². The van der Waals surface area contributed by atoms with Gasteiger partial charge in [0.05, 0.1) is 19.6 Å². The van der Waals surface area contributed by atoms with Crippen LogP contribution in [0.3, 0.4) is 0 Å². The zero-order valence-electron chi connectivity index (χ0n) is 8.81. The average molecular weight is 229 g/mol. The Bertz CT molecular complexity index is 285. The van der Waals surface area contributed by atoms with Crippen molar-refractivity contribution in [2.45, 2.75) is 18.9 Å². The molecule has 0 radical (unpaired) electrons. The lowest BCUT2D eigenvalue weighted by molar-refractivity contribution is -0.139. The third-order valence-corrected chi connectivity index (χ3v) is 2.05. The molecule has 0 heterocycles. The number of amides is 2. The zero-order valence-corrected chi connectivity index (χ0v) is 8.81. The van der Waals surface area contributed by atoms with Gasteiger partial charge in [0.1, 0.15) is 0 Å². The SMILES string of the molecule is NC(=O)CN(CC(=O)O)CC(=O)NC1CC1. The standard InChI is InChI=1S/C9H15N3O4/c10-7(13)3-12(5-9(15)16)4-8(14)11-6-1-2-6/h6H,1-5H2,(H2,10,13)(H,11,14)(H,15,16). The highest BCUT2D eigenvalue weighted by Gasteiger charge is 2.24. The second-order valence-corrected chi connectivity index (χ2v) is 3.85. The first-order chi connectivity index (χ1) is 7.47. The zero-order chi connectivity index (χ0) is 12.1. The van der Waals surface area contributed by atoms with Gasteiger partial charge in [-0.05, 0) is 12.8 Å². The fourth-order valence-electron chi connectivity index (χ4n) is 1.28. The van der Waals surface area contributed by atoms with E-state index in [1.54, 1.807) is 0 Å². The first kappa shape index (κ1) is 12.4. The predicted octanol–water partition coefficient (Wildman–Crippen LogP) is -1.86. The number of primary amides is 1. The number of carbonyl (C=O) groups excluding carboxylic acids is 2. The molecule has 0 spiro atoms. The largest absolute Gasteiger partial charge is 0.480 e. The van der Waals surface area contributed by atoms with E-state index in [4.69, 9.17) is 10.8 Å². The van der Waals surface area contributed by atoms with Gasteiger partial charge in [-0.1, -0.05) is 0 Å². The van der Waals surface area contributed by atoms with E-state index in [9.17, 15) is 14.4 Å². The summed E-state index contributed by atoms with van der Waals surface area (Å²) in [5.41, 5.74) is 4.95. The van der Waals surface area contributed by atoms with Crippen LogP contribution in [0.1, 0.15) is 12.8 Å².